The summed E-state index contributed by atoms with van der Waals surface area (Å²) in [4.78, 5) is 5.20. The highest BCUT2D eigenvalue weighted by molar-refractivity contribution is 6.35. The highest BCUT2D eigenvalue weighted by atomic mass is 35.5. The third kappa shape index (κ3) is 8.29. The molecular formula is C14H19Cl2F3N4. The molecule has 0 saturated heterocycles. The Morgan fingerprint density at radius 1 is 1.26 bits per heavy atom. The topological polar surface area (TPSA) is 39.7 Å². The summed E-state index contributed by atoms with van der Waals surface area (Å²) in [7, 11) is 3.00. The molecule has 23 heavy (non-hydrogen) atoms. The number of benzene rings is 1. The van der Waals surface area contributed by atoms with Crippen LogP contribution < -0.4 is 10.6 Å². The van der Waals surface area contributed by atoms with Gasteiger partial charge in [-0.2, -0.15) is 13.2 Å². The third-order valence-corrected chi connectivity index (χ3v) is 3.51. The molecule has 1 aromatic rings. The van der Waals surface area contributed by atoms with Gasteiger partial charge in [0.2, 0.25) is 0 Å². The van der Waals surface area contributed by atoms with E-state index >= 15 is 0 Å². The first-order chi connectivity index (χ1) is 10.7. The van der Waals surface area contributed by atoms with E-state index in [1.165, 1.54) is 11.9 Å². The van der Waals surface area contributed by atoms with Crippen LogP contribution in [0.1, 0.15) is 5.56 Å². The summed E-state index contributed by atoms with van der Waals surface area (Å²) in [6.07, 6.45) is -4.19. The van der Waals surface area contributed by atoms with Crippen LogP contribution in [0.2, 0.25) is 10.0 Å². The van der Waals surface area contributed by atoms with Crippen molar-refractivity contribution in [3.8, 4) is 0 Å². The first-order valence-electron chi connectivity index (χ1n) is 6.85. The fourth-order valence-electron chi connectivity index (χ4n) is 1.81. The van der Waals surface area contributed by atoms with Crippen molar-refractivity contribution in [1.82, 2.24) is 15.5 Å². The van der Waals surface area contributed by atoms with Gasteiger partial charge in [0, 0.05) is 36.7 Å². The van der Waals surface area contributed by atoms with Crippen molar-refractivity contribution in [2.45, 2.75) is 12.7 Å². The monoisotopic (exact) mass is 370 g/mol. The fraction of sp³-hybridized carbons (Fsp3) is 0.500. The molecule has 0 bridgehead atoms. The van der Waals surface area contributed by atoms with E-state index in [1.807, 2.05) is 0 Å². The molecule has 0 saturated carbocycles. The molecular weight excluding hydrogens is 352 g/mol. The lowest BCUT2D eigenvalue weighted by Gasteiger charge is -2.19. The van der Waals surface area contributed by atoms with Crippen LogP contribution in [0.4, 0.5) is 13.2 Å². The van der Waals surface area contributed by atoms with Crippen molar-refractivity contribution in [3.63, 3.8) is 0 Å². The van der Waals surface area contributed by atoms with Gasteiger partial charge in [-0.3, -0.25) is 9.89 Å². The third-order valence-electron chi connectivity index (χ3n) is 2.92. The van der Waals surface area contributed by atoms with E-state index in [4.69, 9.17) is 23.2 Å². The Kier molecular flexibility index (Phi) is 7.94. The first-order valence-corrected chi connectivity index (χ1v) is 7.60. The maximum Gasteiger partial charge on any atom is 0.401 e. The number of aliphatic imine (C=N–C) groups is 1. The largest absolute Gasteiger partial charge is 0.401 e. The molecule has 2 N–H and O–H groups in total. The molecule has 0 aliphatic rings. The van der Waals surface area contributed by atoms with Gasteiger partial charge in [0.25, 0.3) is 0 Å². The predicted molar refractivity (Wildman–Crippen MR) is 88.2 cm³/mol. The predicted octanol–water partition coefficient (Wildman–Crippen LogP) is 3.15. The first kappa shape index (κ1) is 19.9. The summed E-state index contributed by atoms with van der Waals surface area (Å²) in [5, 5.41) is 7.07. The Labute approximate surface area is 143 Å². The lowest BCUT2D eigenvalue weighted by molar-refractivity contribution is -0.142. The molecule has 0 heterocycles. The Morgan fingerprint density at radius 2 is 1.96 bits per heavy atom. The minimum Gasteiger partial charge on any atom is -0.355 e. The zero-order valence-corrected chi connectivity index (χ0v) is 14.4. The van der Waals surface area contributed by atoms with E-state index in [0.717, 1.165) is 5.56 Å². The van der Waals surface area contributed by atoms with Crippen molar-refractivity contribution < 1.29 is 13.2 Å². The lowest BCUT2D eigenvalue weighted by Crippen LogP contribution is -2.42. The van der Waals surface area contributed by atoms with Gasteiger partial charge < -0.3 is 10.6 Å². The molecule has 9 heteroatoms. The van der Waals surface area contributed by atoms with Crippen LogP contribution in [-0.4, -0.2) is 50.8 Å². The van der Waals surface area contributed by atoms with Gasteiger partial charge in [-0.25, -0.2) is 0 Å². The summed E-state index contributed by atoms with van der Waals surface area (Å²) in [5.74, 6) is 0.483. The number of nitrogens with zero attached hydrogens (tertiary/aromatic N) is 2. The zero-order valence-electron chi connectivity index (χ0n) is 12.8. The summed E-state index contributed by atoms with van der Waals surface area (Å²) in [6, 6.07) is 5.16. The van der Waals surface area contributed by atoms with Crippen molar-refractivity contribution >= 4 is 29.2 Å². The number of hydrogen-bond acceptors (Lipinski definition) is 2. The van der Waals surface area contributed by atoms with Crippen molar-refractivity contribution in [2.75, 3.05) is 33.7 Å². The summed E-state index contributed by atoms with van der Waals surface area (Å²) in [5.41, 5.74) is 0.841. The molecule has 1 rings (SSSR count). The quantitative estimate of drug-likeness (QED) is 0.596. The maximum absolute atomic E-state index is 12.2. The second-order valence-corrected chi connectivity index (χ2v) is 5.78. The van der Waals surface area contributed by atoms with Crippen LogP contribution >= 0.6 is 23.2 Å². The molecule has 4 nitrogen and oxygen atoms in total. The fourth-order valence-corrected chi connectivity index (χ4v) is 2.29. The Morgan fingerprint density at radius 3 is 2.52 bits per heavy atom. The highest BCUT2D eigenvalue weighted by Crippen LogP contribution is 2.20. The summed E-state index contributed by atoms with van der Waals surface area (Å²) in [6.45, 7) is 0.0532. The number of likely N-dealkylation sites (N-methyl/N-ethyl adjacent to an activating group) is 1. The SMILES string of the molecule is CN=C(NCCN(C)CC(F)(F)F)NCc1ccc(Cl)cc1Cl. The van der Waals surface area contributed by atoms with Gasteiger partial charge >= 0.3 is 6.18 Å². The smallest absolute Gasteiger partial charge is 0.355 e. The molecule has 0 radical (unpaired) electrons. The molecule has 0 aromatic heterocycles. The average molecular weight is 371 g/mol. The van der Waals surface area contributed by atoms with Crippen LogP contribution in [0.25, 0.3) is 0 Å². The Hall–Kier alpha value is -1.18. The van der Waals surface area contributed by atoms with Crippen molar-refractivity contribution in [3.05, 3.63) is 33.8 Å². The Bertz CT molecular complexity index is 535. The summed E-state index contributed by atoms with van der Waals surface area (Å²) < 4.78 is 36.6. The van der Waals surface area contributed by atoms with Crippen molar-refractivity contribution in [2.24, 2.45) is 4.99 Å². The molecule has 0 fully saturated rings. The molecule has 0 aliphatic heterocycles. The van der Waals surface area contributed by atoms with Crippen LogP contribution in [0.3, 0.4) is 0 Å². The van der Waals surface area contributed by atoms with Gasteiger partial charge in [-0.05, 0) is 24.7 Å². The second kappa shape index (κ2) is 9.20. The number of alkyl halides is 3. The molecule has 0 spiro atoms. The maximum atomic E-state index is 12.2. The van der Waals surface area contributed by atoms with Crippen molar-refractivity contribution in [1.29, 1.82) is 0 Å². The van der Waals surface area contributed by atoms with E-state index in [1.54, 1.807) is 25.2 Å². The highest BCUT2D eigenvalue weighted by Gasteiger charge is 2.28. The molecule has 1 aromatic carbocycles. The van der Waals surface area contributed by atoms with Crippen LogP contribution in [-0.2, 0) is 6.54 Å². The van der Waals surface area contributed by atoms with E-state index in [2.05, 4.69) is 15.6 Å². The minimum atomic E-state index is -4.19. The lowest BCUT2D eigenvalue weighted by atomic mass is 10.2. The molecule has 130 valence electrons. The van der Waals surface area contributed by atoms with Gasteiger partial charge in [-0.15, -0.1) is 0 Å². The number of halogens is 5. The number of guanidine groups is 1. The van der Waals surface area contributed by atoms with E-state index in [9.17, 15) is 13.2 Å². The van der Waals surface area contributed by atoms with Crippen LogP contribution in [0.15, 0.2) is 23.2 Å². The Balaban J connectivity index is 2.38. The van der Waals surface area contributed by atoms with Gasteiger partial charge in [-0.1, -0.05) is 29.3 Å². The van der Waals surface area contributed by atoms with E-state index in [0.29, 0.717) is 29.1 Å². The van der Waals surface area contributed by atoms with Crippen LogP contribution in [0, 0.1) is 0 Å². The van der Waals surface area contributed by atoms with Gasteiger partial charge in [0.15, 0.2) is 5.96 Å². The molecule has 0 aliphatic carbocycles. The summed E-state index contributed by atoms with van der Waals surface area (Å²) >= 11 is 11.9. The zero-order chi connectivity index (χ0) is 17.5. The average Bonchev–Trinajstić information content (AvgIpc) is 2.42. The van der Waals surface area contributed by atoms with E-state index < -0.39 is 12.7 Å². The number of hydrogen-bond donors (Lipinski definition) is 2. The normalized spacial score (nSPS) is 12.6. The molecule has 0 amide bonds. The number of rotatable bonds is 6. The minimum absolute atomic E-state index is 0.238. The molecule has 0 unspecified atom stereocenters. The van der Waals surface area contributed by atoms with Gasteiger partial charge in [0.05, 0.1) is 6.54 Å². The standard InChI is InChI=1S/C14H19Cl2F3N4/c1-20-13(21-5-6-23(2)9-14(17,18)19)22-8-10-3-4-11(15)7-12(10)16/h3-4,7H,5-6,8-9H2,1-2H3,(H2,20,21,22). The molecule has 0 atom stereocenters. The number of nitrogens with one attached hydrogen (secondary N) is 2. The van der Waals surface area contributed by atoms with Crippen LogP contribution in [0.5, 0.6) is 0 Å². The van der Waals surface area contributed by atoms with Gasteiger partial charge in [0.1, 0.15) is 0 Å². The second-order valence-electron chi connectivity index (χ2n) is 4.94. The van der Waals surface area contributed by atoms with E-state index in [-0.39, 0.29) is 6.54 Å².